The number of aromatic nitrogens is 3. The quantitative estimate of drug-likeness (QED) is 0.131. The van der Waals surface area contributed by atoms with Crippen LogP contribution in [0.15, 0.2) is 67.4 Å². The molecule has 268 valence electrons. The first kappa shape index (κ1) is 40.5. The molecule has 0 spiro atoms. The van der Waals surface area contributed by atoms with E-state index in [0.717, 1.165) is 52.2 Å². The van der Waals surface area contributed by atoms with E-state index < -0.39 is 23.9 Å². The number of carbonyl (C=O) groups is 5. The van der Waals surface area contributed by atoms with Gasteiger partial charge in [-0.1, -0.05) is 38.7 Å². The Labute approximate surface area is 292 Å². The van der Waals surface area contributed by atoms with Gasteiger partial charge >= 0.3 is 23.9 Å². The molecule has 0 aromatic carbocycles. The van der Waals surface area contributed by atoms with Crippen molar-refractivity contribution in [2.45, 2.75) is 52.7 Å². The van der Waals surface area contributed by atoms with Gasteiger partial charge in [-0.25, -0.2) is 34.1 Å². The number of nitrogens with zero attached hydrogens (tertiary/aromatic N) is 4. The molecule has 0 radical (unpaired) electrons. The molecule has 17 heteroatoms. The van der Waals surface area contributed by atoms with E-state index in [1.54, 1.807) is 6.20 Å². The maximum Gasteiger partial charge on any atom is 0.328 e. The molecule has 3 aromatic rings. The lowest BCUT2D eigenvalue weighted by molar-refractivity contribution is -0.134. The molecule has 0 bridgehead atoms. The molecule has 1 aliphatic rings. The molecule has 1 amide bonds. The van der Waals surface area contributed by atoms with Gasteiger partial charge in [0.25, 0.3) is 0 Å². The van der Waals surface area contributed by atoms with E-state index in [1.807, 2.05) is 17.0 Å². The number of pyridine rings is 2. The van der Waals surface area contributed by atoms with E-state index in [4.69, 9.17) is 25.4 Å². The van der Waals surface area contributed by atoms with Gasteiger partial charge in [-0.3, -0.25) is 4.79 Å². The van der Waals surface area contributed by atoms with Crippen molar-refractivity contribution in [1.29, 1.82) is 0 Å². The van der Waals surface area contributed by atoms with Crippen LogP contribution in [0.1, 0.15) is 39.7 Å². The van der Waals surface area contributed by atoms with Gasteiger partial charge in [-0.2, -0.15) is 0 Å². The van der Waals surface area contributed by atoms with Gasteiger partial charge in [0.05, 0.1) is 0 Å². The van der Waals surface area contributed by atoms with Crippen LogP contribution in [-0.2, 0) is 30.5 Å². The van der Waals surface area contributed by atoms with Crippen molar-refractivity contribution in [1.82, 2.24) is 25.2 Å². The number of carbonyl (C=O) groups excluding carboxylic acids is 1. The Hall–Kier alpha value is -5.68. The molecule has 50 heavy (non-hydrogen) atoms. The van der Waals surface area contributed by atoms with Crippen molar-refractivity contribution in [3.63, 3.8) is 0 Å². The summed E-state index contributed by atoms with van der Waals surface area (Å²) in [5.41, 5.74) is 2.14. The number of hydrogen-bond donors (Lipinski definition) is 7. The van der Waals surface area contributed by atoms with E-state index in [0.29, 0.717) is 36.9 Å². The number of carboxylic acids is 4. The molecule has 4 heterocycles. The van der Waals surface area contributed by atoms with Gasteiger partial charge in [-0.05, 0) is 54.7 Å². The predicted molar refractivity (Wildman–Crippen MR) is 188 cm³/mol. The molecule has 0 aliphatic carbocycles. The monoisotopic (exact) mass is 711 g/mol. The van der Waals surface area contributed by atoms with Gasteiger partial charge in [0.2, 0.25) is 5.91 Å². The lowest BCUT2D eigenvalue weighted by Crippen LogP contribution is -2.37. The molecule has 0 saturated carbocycles. The number of amides is 1. The maximum atomic E-state index is 12.0. The number of fused-ring (bicyclic) bond motifs is 1. The summed E-state index contributed by atoms with van der Waals surface area (Å²) in [6.07, 6.45) is 6.25. The summed E-state index contributed by atoms with van der Waals surface area (Å²) in [6, 6.07) is 8.46. The molecule has 1 aliphatic heterocycles. The summed E-state index contributed by atoms with van der Waals surface area (Å²) >= 11 is 1.50. The van der Waals surface area contributed by atoms with Crippen molar-refractivity contribution in [2.24, 2.45) is 5.41 Å². The SMILES string of the molecule is C=CC(=O)N1CC[C@H](Nc2cc(CN[C@@H](C)C(C)(C)C)cc(Nc3nc4cccnc4s3)n2)C1.O=C(O)/C=C/C(=O)O.O=C(O)/C=C/C(=O)O. The third kappa shape index (κ3) is 15.0. The van der Waals surface area contributed by atoms with Crippen LogP contribution >= 0.6 is 11.3 Å². The van der Waals surface area contributed by atoms with Crippen molar-refractivity contribution >= 4 is 68.2 Å². The predicted octanol–water partition coefficient (Wildman–Crippen LogP) is 3.98. The van der Waals surface area contributed by atoms with Crippen LogP contribution in [-0.4, -0.2) is 95.2 Å². The van der Waals surface area contributed by atoms with Gasteiger partial charge in [0.15, 0.2) is 5.13 Å². The summed E-state index contributed by atoms with van der Waals surface area (Å²) in [6.45, 7) is 14.6. The zero-order chi connectivity index (χ0) is 37.4. The molecule has 4 rings (SSSR count). The molecule has 3 aromatic heterocycles. The average molecular weight is 712 g/mol. The van der Waals surface area contributed by atoms with Gasteiger partial charge < -0.3 is 41.3 Å². The highest BCUT2D eigenvalue weighted by Gasteiger charge is 2.25. The highest BCUT2D eigenvalue weighted by Crippen LogP contribution is 2.28. The number of thiazole rings is 1. The molecule has 16 nitrogen and oxygen atoms in total. The number of carboxylic acid groups (broad SMARTS) is 4. The fourth-order valence-corrected chi connectivity index (χ4v) is 4.85. The van der Waals surface area contributed by atoms with Crippen molar-refractivity contribution in [3.05, 3.63) is 73.0 Å². The molecule has 1 saturated heterocycles. The zero-order valence-electron chi connectivity index (χ0n) is 28.0. The van der Waals surface area contributed by atoms with Crippen LogP contribution in [0.3, 0.4) is 0 Å². The smallest absolute Gasteiger partial charge is 0.328 e. The average Bonchev–Trinajstić information content (AvgIpc) is 3.68. The maximum absolute atomic E-state index is 12.0. The van der Waals surface area contributed by atoms with Crippen LogP contribution in [0.25, 0.3) is 10.3 Å². The summed E-state index contributed by atoms with van der Waals surface area (Å²) in [5.74, 6) is -3.55. The first-order valence-corrected chi connectivity index (χ1v) is 16.0. The second kappa shape index (κ2) is 19.4. The summed E-state index contributed by atoms with van der Waals surface area (Å²) < 4.78 is 0. The van der Waals surface area contributed by atoms with E-state index in [-0.39, 0.29) is 17.4 Å². The van der Waals surface area contributed by atoms with Gasteiger partial charge in [-0.15, -0.1) is 0 Å². The minimum absolute atomic E-state index is 0.0295. The van der Waals surface area contributed by atoms with Crippen molar-refractivity contribution in [2.75, 3.05) is 23.7 Å². The molecule has 1 fully saturated rings. The van der Waals surface area contributed by atoms with Crippen LogP contribution in [0.4, 0.5) is 16.8 Å². The lowest BCUT2D eigenvalue weighted by Gasteiger charge is -2.28. The third-order valence-corrected chi connectivity index (χ3v) is 7.86. The fraction of sp³-hybridized carbons (Fsp3) is 0.333. The number of hydrogen-bond acceptors (Lipinski definition) is 12. The summed E-state index contributed by atoms with van der Waals surface area (Å²) in [4.78, 5) is 66.7. The summed E-state index contributed by atoms with van der Waals surface area (Å²) in [7, 11) is 0. The number of anilines is 3. The third-order valence-electron chi connectivity index (χ3n) is 6.96. The Morgan fingerprint density at radius 2 is 1.56 bits per heavy atom. The van der Waals surface area contributed by atoms with Gasteiger partial charge in [0.1, 0.15) is 22.0 Å². The second-order valence-corrected chi connectivity index (χ2v) is 12.8. The van der Waals surface area contributed by atoms with Crippen molar-refractivity contribution < 1.29 is 44.4 Å². The Kier molecular flexibility index (Phi) is 15.7. The van der Waals surface area contributed by atoms with Crippen molar-refractivity contribution in [3.8, 4) is 0 Å². The number of aliphatic carboxylic acids is 4. The van der Waals surface area contributed by atoms with E-state index in [1.165, 1.54) is 17.4 Å². The zero-order valence-corrected chi connectivity index (χ0v) is 28.8. The molecular formula is C33H41N7O9S. The van der Waals surface area contributed by atoms with Crippen LogP contribution in [0, 0.1) is 5.41 Å². The number of rotatable bonds is 12. The Morgan fingerprint density at radius 1 is 0.980 bits per heavy atom. The normalized spacial score (nSPS) is 14.6. The van der Waals surface area contributed by atoms with E-state index in [9.17, 15) is 24.0 Å². The summed E-state index contributed by atoms with van der Waals surface area (Å²) in [5, 5.41) is 42.5. The highest BCUT2D eigenvalue weighted by molar-refractivity contribution is 7.21. The van der Waals surface area contributed by atoms with E-state index >= 15 is 0 Å². The minimum Gasteiger partial charge on any atom is -0.478 e. The number of nitrogens with one attached hydrogen (secondary N) is 3. The fourth-order valence-electron chi connectivity index (χ4n) is 4.04. The topological polar surface area (TPSA) is 244 Å². The van der Waals surface area contributed by atoms with Crippen LogP contribution in [0.2, 0.25) is 0 Å². The molecule has 7 N–H and O–H groups in total. The minimum atomic E-state index is -1.26. The Balaban J connectivity index is 0.000000450. The second-order valence-electron chi connectivity index (χ2n) is 11.8. The largest absolute Gasteiger partial charge is 0.478 e. The van der Waals surface area contributed by atoms with Gasteiger partial charge in [0, 0.05) is 62.2 Å². The molecule has 0 unspecified atom stereocenters. The molecular weight excluding hydrogens is 670 g/mol. The van der Waals surface area contributed by atoms with Crippen LogP contribution in [0.5, 0.6) is 0 Å². The van der Waals surface area contributed by atoms with E-state index in [2.05, 4.69) is 72.3 Å². The first-order valence-electron chi connectivity index (χ1n) is 15.2. The number of likely N-dealkylation sites (tertiary alicyclic amines) is 1. The standard InChI is InChI=1S/C25H33N7OS.2C4H4O4/c1-6-22(33)32-11-9-18(15-32)28-20-12-17(14-27-16(2)25(3,4)5)13-21(30-20)31-24-29-19-8-7-10-26-23(19)34-24;2*5-3(6)1-2-4(7)8/h6-8,10,12-13,16,18,27H,1,9,11,14-15H2,2-5H3,(H2,28,29,30,31);2*1-2H,(H,5,6)(H,7,8)/b;2*2-1+/t16-,18-;;/m0../s1. The highest BCUT2D eigenvalue weighted by atomic mass is 32.1. The Morgan fingerprint density at radius 3 is 2.08 bits per heavy atom. The van der Waals surface area contributed by atoms with Crippen LogP contribution < -0.4 is 16.0 Å². The first-order chi connectivity index (χ1) is 23.5. The Bertz CT molecular complexity index is 1630. The lowest BCUT2D eigenvalue weighted by atomic mass is 9.88. The molecule has 2 atom stereocenters.